The first kappa shape index (κ1) is 5.86. The first-order valence-corrected chi connectivity index (χ1v) is 2.96. The van der Waals surface area contributed by atoms with Gasteiger partial charge in [0.15, 0.2) is 0 Å². The van der Waals surface area contributed by atoms with Gasteiger partial charge in [-0.25, -0.2) is 0 Å². The Kier molecular flexibility index (Phi) is 1.71. The van der Waals surface area contributed by atoms with Crippen LogP contribution in [0.1, 0.15) is 6.42 Å². The maximum absolute atomic E-state index is 5.60. The minimum atomic E-state index is 0.178. The van der Waals surface area contributed by atoms with Gasteiger partial charge in [-0.3, -0.25) is 0 Å². The summed E-state index contributed by atoms with van der Waals surface area (Å²) in [7, 11) is 0. The van der Waals surface area contributed by atoms with Crippen molar-refractivity contribution in [2.75, 3.05) is 0 Å². The maximum atomic E-state index is 5.60. The second kappa shape index (κ2) is 2.33. The van der Waals surface area contributed by atoms with Crippen LogP contribution in [-0.2, 0) is 0 Å². The molecule has 0 saturated carbocycles. The lowest BCUT2D eigenvalue weighted by Crippen LogP contribution is -2.16. The third kappa shape index (κ3) is 1.35. The van der Waals surface area contributed by atoms with E-state index in [2.05, 4.69) is 0 Å². The quantitative estimate of drug-likeness (QED) is 0.526. The molecule has 0 unspecified atom stereocenters. The number of halogens is 1. The lowest BCUT2D eigenvalue weighted by Gasteiger charge is -2.05. The zero-order valence-electron chi connectivity index (χ0n) is 4.47. The molecular formula is C6H8ClN. The zero-order chi connectivity index (χ0) is 5.98. The molecule has 2 N–H and O–H groups in total. The van der Waals surface area contributed by atoms with Crippen molar-refractivity contribution < 1.29 is 0 Å². The van der Waals surface area contributed by atoms with E-state index in [1.54, 1.807) is 0 Å². The second-order valence-electron chi connectivity index (χ2n) is 1.85. The van der Waals surface area contributed by atoms with Crippen LogP contribution in [0.25, 0.3) is 0 Å². The molecule has 8 heavy (non-hydrogen) atoms. The van der Waals surface area contributed by atoms with E-state index in [1.807, 2.05) is 18.2 Å². The molecule has 1 atom stereocenters. The van der Waals surface area contributed by atoms with Crippen molar-refractivity contribution in [3.05, 3.63) is 23.3 Å². The number of nitrogens with two attached hydrogens (primary N) is 1. The molecule has 44 valence electrons. The topological polar surface area (TPSA) is 26.0 Å². The van der Waals surface area contributed by atoms with Crippen molar-refractivity contribution in [1.82, 2.24) is 0 Å². The molecule has 0 amide bonds. The molecule has 2 heteroatoms. The maximum Gasteiger partial charge on any atom is 0.0364 e. The summed E-state index contributed by atoms with van der Waals surface area (Å²) in [5, 5.41) is 0.798. The Morgan fingerprint density at radius 3 is 2.88 bits per heavy atom. The highest BCUT2D eigenvalue weighted by molar-refractivity contribution is 6.31. The third-order valence-electron chi connectivity index (χ3n) is 1.09. The van der Waals surface area contributed by atoms with Crippen molar-refractivity contribution in [1.29, 1.82) is 0 Å². The van der Waals surface area contributed by atoms with E-state index in [4.69, 9.17) is 17.3 Å². The van der Waals surface area contributed by atoms with Gasteiger partial charge >= 0.3 is 0 Å². The molecule has 0 heterocycles. The molecule has 0 radical (unpaired) electrons. The molecule has 0 bridgehead atoms. The summed E-state index contributed by atoms with van der Waals surface area (Å²) in [5.41, 5.74) is 5.51. The molecule has 0 fully saturated rings. The molecule has 0 spiro atoms. The number of allylic oxidation sites excluding steroid dienone is 2. The van der Waals surface area contributed by atoms with Crippen LogP contribution >= 0.6 is 11.6 Å². The van der Waals surface area contributed by atoms with Crippen LogP contribution in [0.3, 0.4) is 0 Å². The van der Waals surface area contributed by atoms with E-state index < -0.39 is 0 Å². The molecule has 0 aliphatic heterocycles. The van der Waals surface area contributed by atoms with Crippen LogP contribution < -0.4 is 5.73 Å². The van der Waals surface area contributed by atoms with Gasteiger partial charge in [-0.15, -0.1) is 0 Å². The number of hydrogen-bond donors (Lipinski definition) is 1. The fourth-order valence-corrected chi connectivity index (χ4v) is 0.773. The van der Waals surface area contributed by atoms with Crippen LogP contribution in [0, 0.1) is 0 Å². The summed E-state index contributed by atoms with van der Waals surface area (Å²) in [5.74, 6) is 0. The molecule has 1 nitrogen and oxygen atoms in total. The molecule has 0 aromatic rings. The third-order valence-corrected chi connectivity index (χ3v) is 1.37. The first-order chi connectivity index (χ1) is 3.79. The largest absolute Gasteiger partial charge is 0.324 e. The molecule has 1 rings (SSSR count). The Bertz CT molecular complexity index is 137. The first-order valence-electron chi connectivity index (χ1n) is 2.58. The van der Waals surface area contributed by atoms with E-state index in [0.29, 0.717) is 0 Å². The average molecular weight is 130 g/mol. The predicted octanol–water partition coefficient (Wildman–Crippen LogP) is 1.40. The highest BCUT2D eigenvalue weighted by Gasteiger charge is 1.99. The van der Waals surface area contributed by atoms with Gasteiger partial charge < -0.3 is 5.73 Å². The highest BCUT2D eigenvalue weighted by atomic mass is 35.5. The zero-order valence-corrected chi connectivity index (χ0v) is 5.23. The average Bonchev–Trinajstić information content (AvgIpc) is 1.77. The van der Waals surface area contributed by atoms with Gasteiger partial charge in [-0.1, -0.05) is 23.8 Å². The molecule has 0 saturated heterocycles. The van der Waals surface area contributed by atoms with E-state index in [-0.39, 0.29) is 6.04 Å². The monoisotopic (exact) mass is 129 g/mol. The van der Waals surface area contributed by atoms with Gasteiger partial charge in [0.05, 0.1) is 0 Å². The molecule has 0 aromatic carbocycles. The Hall–Kier alpha value is -0.270. The van der Waals surface area contributed by atoms with E-state index in [9.17, 15) is 0 Å². The highest BCUT2D eigenvalue weighted by Crippen LogP contribution is 2.11. The number of hydrogen-bond acceptors (Lipinski definition) is 1. The van der Waals surface area contributed by atoms with Crippen LogP contribution in [0.15, 0.2) is 23.3 Å². The second-order valence-corrected chi connectivity index (χ2v) is 2.28. The molecule has 0 aromatic heterocycles. The smallest absolute Gasteiger partial charge is 0.0364 e. The van der Waals surface area contributed by atoms with Crippen LogP contribution in [0.2, 0.25) is 0 Å². The van der Waals surface area contributed by atoms with Crippen molar-refractivity contribution in [2.45, 2.75) is 12.5 Å². The van der Waals surface area contributed by atoms with Gasteiger partial charge in [-0.05, 0) is 12.5 Å². The van der Waals surface area contributed by atoms with Crippen molar-refractivity contribution in [3.63, 3.8) is 0 Å². The predicted molar refractivity (Wildman–Crippen MR) is 35.7 cm³/mol. The van der Waals surface area contributed by atoms with Crippen molar-refractivity contribution >= 4 is 11.6 Å². The fourth-order valence-electron chi connectivity index (χ4n) is 0.611. The van der Waals surface area contributed by atoms with E-state index in [1.165, 1.54) is 0 Å². The van der Waals surface area contributed by atoms with Gasteiger partial charge in [0, 0.05) is 11.1 Å². The van der Waals surface area contributed by atoms with Crippen LogP contribution in [0.4, 0.5) is 0 Å². The Morgan fingerprint density at radius 2 is 2.50 bits per heavy atom. The Labute approximate surface area is 53.8 Å². The van der Waals surface area contributed by atoms with Gasteiger partial charge in [0.1, 0.15) is 0 Å². The Balaban J connectivity index is 2.58. The normalized spacial score (nSPS) is 27.8. The van der Waals surface area contributed by atoms with Gasteiger partial charge in [0.25, 0.3) is 0 Å². The lowest BCUT2D eigenvalue weighted by molar-refractivity contribution is 0.824. The number of rotatable bonds is 0. The standard InChI is InChI=1S/C6H8ClN/c7-5-1-3-6(8)4-2-5/h1-3,6H,4,8H2/t6-/m0/s1. The molecule has 1 aliphatic carbocycles. The minimum absolute atomic E-state index is 0.178. The summed E-state index contributed by atoms with van der Waals surface area (Å²) in [6, 6.07) is 0.178. The van der Waals surface area contributed by atoms with Crippen molar-refractivity contribution in [2.24, 2.45) is 5.73 Å². The van der Waals surface area contributed by atoms with Crippen LogP contribution in [0.5, 0.6) is 0 Å². The summed E-state index contributed by atoms with van der Waals surface area (Å²) in [4.78, 5) is 0. The van der Waals surface area contributed by atoms with Gasteiger partial charge in [-0.2, -0.15) is 0 Å². The summed E-state index contributed by atoms with van der Waals surface area (Å²) >= 11 is 5.60. The van der Waals surface area contributed by atoms with Crippen LogP contribution in [-0.4, -0.2) is 6.04 Å². The van der Waals surface area contributed by atoms with Gasteiger partial charge in [0.2, 0.25) is 0 Å². The van der Waals surface area contributed by atoms with E-state index in [0.717, 1.165) is 11.5 Å². The summed E-state index contributed by atoms with van der Waals surface area (Å²) in [6.07, 6.45) is 6.53. The fraction of sp³-hybridized carbons (Fsp3) is 0.333. The summed E-state index contributed by atoms with van der Waals surface area (Å²) in [6.45, 7) is 0. The Morgan fingerprint density at radius 1 is 1.75 bits per heavy atom. The lowest BCUT2D eigenvalue weighted by atomic mass is 10.1. The molecule has 1 aliphatic rings. The minimum Gasteiger partial charge on any atom is -0.324 e. The summed E-state index contributed by atoms with van der Waals surface area (Å²) < 4.78 is 0. The van der Waals surface area contributed by atoms with E-state index >= 15 is 0 Å². The molecular weight excluding hydrogens is 122 g/mol. The SMILES string of the molecule is N[C@H]1C=CC(Cl)=CC1. The van der Waals surface area contributed by atoms with Crippen molar-refractivity contribution in [3.8, 4) is 0 Å².